The first kappa shape index (κ1) is 21.4. The number of unbranched alkanes of at least 4 members (excludes halogenated alkanes) is 5. The van der Waals surface area contributed by atoms with Gasteiger partial charge in [0.1, 0.15) is 0 Å². The van der Waals surface area contributed by atoms with E-state index in [4.69, 9.17) is 9.05 Å². The Kier molecular flexibility index (Phi) is 12.3. The Bertz CT molecular complexity index is 246. The van der Waals surface area contributed by atoms with E-state index in [1.165, 1.54) is 25.7 Å². The maximum Gasteiger partial charge on any atom is 0.335 e. The molecule has 4 heteroatoms. The molecule has 0 bridgehead atoms. The minimum atomic E-state index is -2.96. The van der Waals surface area contributed by atoms with E-state index < -0.39 is 12.8 Å². The topological polar surface area (TPSA) is 35.5 Å². The minimum Gasteiger partial charge on any atom is -0.309 e. The molecule has 1 unspecified atom stereocenters. The molecule has 0 rings (SSSR count). The first-order chi connectivity index (χ1) is 8.37. The summed E-state index contributed by atoms with van der Waals surface area (Å²) in [5.74, 6) is 0. The van der Waals surface area contributed by atoms with Crippen molar-refractivity contribution in [2.24, 2.45) is 0 Å². The van der Waals surface area contributed by atoms with E-state index in [0.717, 1.165) is 12.8 Å². The molecule has 0 aromatic rings. The lowest BCUT2D eigenvalue weighted by molar-refractivity contribution is 0.192. The lowest BCUT2D eigenvalue weighted by Crippen LogP contribution is -2.19. The van der Waals surface area contributed by atoms with Gasteiger partial charge in [-0.1, -0.05) is 46.5 Å². The third-order valence-corrected chi connectivity index (χ3v) is 5.64. The molecule has 0 aliphatic carbocycles. The normalized spacial score (nSPS) is 14.8. The van der Waals surface area contributed by atoms with Gasteiger partial charge in [0.05, 0.1) is 18.4 Å². The van der Waals surface area contributed by atoms with Crippen molar-refractivity contribution in [3.63, 3.8) is 0 Å². The Labute approximate surface area is 121 Å². The lowest BCUT2D eigenvalue weighted by Gasteiger charge is -2.29. The van der Waals surface area contributed by atoms with Crippen LogP contribution in [0.5, 0.6) is 0 Å². The molecule has 0 amide bonds. The first-order valence-corrected chi connectivity index (χ1v) is 8.81. The third-order valence-electron chi connectivity index (χ3n) is 2.88. The number of hydrogen-bond acceptors (Lipinski definition) is 3. The lowest BCUT2D eigenvalue weighted by atomic mass is 10.1. The van der Waals surface area contributed by atoms with E-state index in [9.17, 15) is 4.57 Å². The summed E-state index contributed by atoms with van der Waals surface area (Å²) in [5, 5.41) is -0.439. The highest BCUT2D eigenvalue weighted by Crippen LogP contribution is 2.59. The largest absolute Gasteiger partial charge is 0.335 e. The van der Waals surface area contributed by atoms with Gasteiger partial charge in [-0.05, 0) is 34.1 Å². The van der Waals surface area contributed by atoms with Crippen LogP contribution >= 0.6 is 7.60 Å². The SMILES string of the molecule is C.CCCCCCCCOP(=O)(OCC)C(C)(C)C. The fourth-order valence-corrected chi connectivity index (χ4v) is 3.22. The number of rotatable bonds is 10. The third kappa shape index (κ3) is 8.83. The van der Waals surface area contributed by atoms with E-state index in [2.05, 4.69) is 6.92 Å². The maximum absolute atomic E-state index is 12.5. The molecule has 118 valence electrons. The van der Waals surface area contributed by atoms with Gasteiger partial charge in [0.25, 0.3) is 0 Å². The van der Waals surface area contributed by atoms with Crippen molar-refractivity contribution in [1.82, 2.24) is 0 Å². The molecular formula is C15H35O3P. The Balaban J connectivity index is 0. The molecule has 0 fully saturated rings. The molecule has 3 nitrogen and oxygen atoms in total. The van der Waals surface area contributed by atoms with Crippen LogP contribution in [0.2, 0.25) is 0 Å². The zero-order valence-electron chi connectivity index (χ0n) is 12.8. The first-order valence-electron chi connectivity index (χ1n) is 7.26. The summed E-state index contributed by atoms with van der Waals surface area (Å²) in [6.45, 7) is 10.8. The van der Waals surface area contributed by atoms with Gasteiger partial charge in [0.2, 0.25) is 0 Å². The van der Waals surface area contributed by atoms with Crippen LogP contribution in [0.4, 0.5) is 0 Å². The molecule has 0 radical (unpaired) electrons. The molecule has 0 heterocycles. The highest BCUT2D eigenvalue weighted by atomic mass is 31.2. The van der Waals surface area contributed by atoms with E-state index in [1.54, 1.807) is 0 Å². The van der Waals surface area contributed by atoms with Crippen LogP contribution in [0.25, 0.3) is 0 Å². The second kappa shape index (κ2) is 10.9. The Morgan fingerprint density at radius 3 is 1.89 bits per heavy atom. The van der Waals surface area contributed by atoms with Crippen molar-refractivity contribution >= 4 is 7.60 Å². The summed E-state index contributed by atoms with van der Waals surface area (Å²) in [5.41, 5.74) is 0. The second-order valence-corrected chi connectivity index (χ2v) is 8.54. The second-order valence-electron chi connectivity index (χ2n) is 5.69. The van der Waals surface area contributed by atoms with Crippen LogP contribution in [-0.2, 0) is 13.6 Å². The molecule has 0 aromatic carbocycles. The van der Waals surface area contributed by atoms with Crippen molar-refractivity contribution in [3.8, 4) is 0 Å². The Morgan fingerprint density at radius 2 is 1.42 bits per heavy atom. The molecule has 19 heavy (non-hydrogen) atoms. The van der Waals surface area contributed by atoms with Gasteiger partial charge in [-0.3, -0.25) is 4.57 Å². The van der Waals surface area contributed by atoms with Gasteiger partial charge in [-0.25, -0.2) is 0 Å². The zero-order valence-corrected chi connectivity index (χ0v) is 13.7. The summed E-state index contributed by atoms with van der Waals surface area (Å²) in [7, 11) is -2.96. The van der Waals surface area contributed by atoms with E-state index >= 15 is 0 Å². The van der Waals surface area contributed by atoms with Crippen molar-refractivity contribution in [3.05, 3.63) is 0 Å². The molecule has 0 aliphatic rings. The summed E-state index contributed by atoms with van der Waals surface area (Å²) in [6, 6.07) is 0. The maximum atomic E-state index is 12.5. The van der Waals surface area contributed by atoms with Crippen LogP contribution in [0.1, 0.15) is 80.6 Å². The molecule has 1 atom stereocenters. The van der Waals surface area contributed by atoms with E-state index in [-0.39, 0.29) is 7.43 Å². The summed E-state index contributed by atoms with van der Waals surface area (Å²) < 4.78 is 23.5. The molecule has 0 N–H and O–H groups in total. The quantitative estimate of drug-likeness (QED) is 0.364. The van der Waals surface area contributed by atoms with Gasteiger partial charge >= 0.3 is 7.60 Å². The van der Waals surface area contributed by atoms with Crippen molar-refractivity contribution in [2.75, 3.05) is 13.2 Å². The van der Waals surface area contributed by atoms with Crippen LogP contribution in [0, 0.1) is 0 Å². The fraction of sp³-hybridized carbons (Fsp3) is 1.00. The van der Waals surface area contributed by atoms with Crippen molar-refractivity contribution in [2.45, 2.75) is 85.7 Å². The van der Waals surface area contributed by atoms with Crippen molar-refractivity contribution in [1.29, 1.82) is 0 Å². The van der Waals surface area contributed by atoms with Crippen molar-refractivity contribution < 1.29 is 13.6 Å². The minimum absolute atomic E-state index is 0. The average molecular weight is 294 g/mol. The summed E-state index contributed by atoms with van der Waals surface area (Å²) >= 11 is 0. The Hall–Kier alpha value is 0.150. The van der Waals surface area contributed by atoms with Gasteiger partial charge in [0, 0.05) is 0 Å². The van der Waals surface area contributed by atoms with Gasteiger partial charge in [-0.2, -0.15) is 0 Å². The molecular weight excluding hydrogens is 259 g/mol. The van der Waals surface area contributed by atoms with E-state index in [1.807, 2.05) is 27.7 Å². The monoisotopic (exact) mass is 294 g/mol. The molecule has 0 aliphatic heterocycles. The fourth-order valence-electron chi connectivity index (χ4n) is 1.66. The molecule has 0 saturated heterocycles. The number of hydrogen-bond donors (Lipinski definition) is 0. The standard InChI is InChI=1S/C14H31O3P.CH4/c1-6-8-9-10-11-12-13-17-18(15,16-7-2)14(3,4)5;/h6-13H2,1-5H3;1H4. The Morgan fingerprint density at radius 1 is 0.895 bits per heavy atom. The molecule has 0 spiro atoms. The highest BCUT2D eigenvalue weighted by Gasteiger charge is 2.39. The molecule has 0 saturated carbocycles. The van der Waals surface area contributed by atoms with Crippen LogP contribution in [0.15, 0.2) is 0 Å². The summed E-state index contributed by atoms with van der Waals surface area (Å²) in [6.07, 6.45) is 7.22. The van der Waals surface area contributed by atoms with Crippen LogP contribution < -0.4 is 0 Å². The van der Waals surface area contributed by atoms with Gasteiger partial charge in [0.15, 0.2) is 0 Å². The van der Waals surface area contributed by atoms with E-state index in [0.29, 0.717) is 13.2 Å². The average Bonchev–Trinajstić information content (AvgIpc) is 2.27. The van der Waals surface area contributed by atoms with Crippen LogP contribution in [-0.4, -0.2) is 18.4 Å². The van der Waals surface area contributed by atoms with Gasteiger partial charge in [-0.15, -0.1) is 0 Å². The van der Waals surface area contributed by atoms with Gasteiger partial charge < -0.3 is 9.05 Å². The summed E-state index contributed by atoms with van der Waals surface area (Å²) in [4.78, 5) is 0. The predicted molar refractivity (Wildman–Crippen MR) is 85.0 cm³/mol. The predicted octanol–water partition coefficient (Wildman–Crippen LogP) is 6.03. The molecule has 0 aromatic heterocycles. The zero-order chi connectivity index (χ0) is 14.1. The highest BCUT2D eigenvalue weighted by molar-refractivity contribution is 7.55. The smallest absolute Gasteiger partial charge is 0.309 e. The van der Waals surface area contributed by atoms with Crippen LogP contribution in [0.3, 0.4) is 0 Å².